The SMILES string of the molecule is COc1cc2ccccc2c(C)c1CCN.Cl. The Morgan fingerprint density at radius 3 is 2.59 bits per heavy atom. The highest BCUT2D eigenvalue weighted by atomic mass is 35.5. The van der Waals surface area contributed by atoms with Gasteiger partial charge in [0.05, 0.1) is 7.11 Å². The summed E-state index contributed by atoms with van der Waals surface area (Å²) in [6.45, 7) is 2.78. The summed E-state index contributed by atoms with van der Waals surface area (Å²) in [4.78, 5) is 0. The molecule has 2 rings (SSSR count). The molecule has 0 spiro atoms. The van der Waals surface area contributed by atoms with E-state index in [0.29, 0.717) is 6.54 Å². The Labute approximate surface area is 108 Å². The first-order valence-corrected chi connectivity index (χ1v) is 5.53. The molecule has 0 amide bonds. The third-order valence-electron chi connectivity index (χ3n) is 3.02. The zero-order chi connectivity index (χ0) is 11.5. The largest absolute Gasteiger partial charge is 0.496 e. The lowest BCUT2D eigenvalue weighted by atomic mass is 9.97. The van der Waals surface area contributed by atoms with Crippen molar-refractivity contribution in [3.05, 3.63) is 41.5 Å². The third kappa shape index (κ3) is 2.54. The molecule has 0 heterocycles. The summed E-state index contributed by atoms with van der Waals surface area (Å²) in [6.07, 6.45) is 0.861. The van der Waals surface area contributed by atoms with Gasteiger partial charge in [-0.25, -0.2) is 0 Å². The van der Waals surface area contributed by atoms with E-state index in [4.69, 9.17) is 10.5 Å². The molecule has 2 nitrogen and oxygen atoms in total. The van der Waals surface area contributed by atoms with Gasteiger partial charge in [-0.05, 0) is 47.9 Å². The predicted octanol–water partition coefficient (Wildman–Crippen LogP) is 3.08. The molecule has 0 aromatic heterocycles. The zero-order valence-electron chi connectivity index (χ0n) is 10.2. The van der Waals surface area contributed by atoms with E-state index in [9.17, 15) is 0 Å². The summed E-state index contributed by atoms with van der Waals surface area (Å²) >= 11 is 0. The standard InChI is InChI=1S/C14H17NO.ClH/c1-10-12-6-4-3-5-11(12)9-14(16-2)13(10)7-8-15;/h3-6,9H,7-8,15H2,1-2H3;1H. The molecule has 2 aromatic carbocycles. The van der Waals surface area contributed by atoms with Crippen molar-refractivity contribution in [3.63, 3.8) is 0 Å². The summed E-state index contributed by atoms with van der Waals surface area (Å²) in [5, 5.41) is 2.50. The molecule has 0 aliphatic rings. The van der Waals surface area contributed by atoms with Gasteiger partial charge in [0.25, 0.3) is 0 Å². The van der Waals surface area contributed by atoms with E-state index in [2.05, 4.69) is 31.2 Å². The molecule has 0 saturated carbocycles. The van der Waals surface area contributed by atoms with Crippen LogP contribution in [-0.2, 0) is 6.42 Å². The molecule has 0 radical (unpaired) electrons. The number of ether oxygens (including phenoxy) is 1. The minimum absolute atomic E-state index is 0. The minimum Gasteiger partial charge on any atom is -0.496 e. The number of methoxy groups -OCH3 is 1. The number of hydrogen-bond acceptors (Lipinski definition) is 2. The van der Waals surface area contributed by atoms with E-state index < -0.39 is 0 Å². The molecule has 2 aromatic rings. The molecule has 3 heteroatoms. The van der Waals surface area contributed by atoms with E-state index >= 15 is 0 Å². The van der Waals surface area contributed by atoms with E-state index in [1.54, 1.807) is 7.11 Å². The Hall–Kier alpha value is -1.25. The fraction of sp³-hybridized carbons (Fsp3) is 0.286. The van der Waals surface area contributed by atoms with Crippen molar-refractivity contribution in [1.82, 2.24) is 0 Å². The molecular weight excluding hydrogens is 234 g/mol. The fourth-order valence-corrected chi connectivity index (χ4v) is 2.18. The lowest BCUT2D eigenvalue weighted by Gasteiger charge is -2.13. The van der Waals surface area contributed by atoms with Crippen molar-refractivity contribution in [2.45, 2.75) is 13.3 Å². The molecule has 0 fully saturated rings. The molecular formula is C14H18ClNO. The first kappa shape index (κ1) is 13.8. The topological polar surface area (TPSA) is 35.2 Å². The number of hydrogen-bond donors (Lipinski definition) is 1. The van der Waals surface area contributed by atoms with Crippen LogP contribution in [0.1, 0.15) is 11.1 Å². The molecule has 0 aliphatic carbocycles. The maximum atomic E-state index is 5.64. The maximum Gasteiger partial charge on any atom is 0.123 e. The quantitative estimate of drug-likeness (QED) is 0.910. The normalized spacial score (nSPS) is 10.1. The number of benzene rings is 2. The fourth-order valence-electron chi connectivity index (χ4n) is 2.18. The van der Waals surface area contributed by atoms with Crippen LogP contribution in [0.25, 0.3) is 10.8 Å². The second-order valence-electron chi connectivity index (χ2n) is 3.94. The number of halogens is 1. The summed E-state index contributed by atoms with van der Waals surface area (Å²) in [5.74, 6) is 0.946. The Kier molecular flexibility index (Phi) is 4.79. The first-order valence-electron chi connectivity index (χ1n) is 5.53. The Bertz CT molecular complexity index is 511. The molecule has 0 saturated heterocycles. The molecule has 17 heavy (non-hydrogen) atoms. The first-order chi connectivity index (χ1) is 7.77. The van der Waals surface area contributed by atoms with Crippen molar-refractivity contribution in [1.29, 1.82) is 0 Å². The minimum atomic E-state index is 0. The Morgan fingerprint density at radius 1 is 1.24 bits per heavy atom. The van der Waals surface area contributed by atoms with Crippen LogP contribution >= 0.6 is 12.4 Å². The third-order valence-corrected chi connectivity index (χ3v) is 3.02. The van der Waals surface area contributed by atoms with Crippen molar-refractivity contribution >= 4 is 23.2 Å². The summed E-state index contributed by atoms with van der Waals surface area (Å²) in [7, 11) is 1.71. The van der Waals surface area contributed by atoms with Crippen molar-refractivity contribution in [2.24, 2.45) is 5.73 Å². The number of aryl methyl sites for hydroxylation is 1. The molecule has 2 N–H and O–H groups in total. The molecule has 0 atom stereocenters. The molecule has 0 aliphatic heterocycles. The van der Waals surface area contributed by atoms with E-state index in [1.165, 1.54) is 21.9 Å². The number of fused-ring (bicyclic) bond motifs is 1. The summed E-state index contributed by atoms with van der Waals surface area (Å²) < 4.78 is 5.43. The predicted molar refractivity (Wildman–Crippen MR) is 75.2 cm³/mol. The molecule has 0 unspecified atom stereocenters. The number of nitrogens with two attached hydrogens (primary N) is 1. The summed E-state index contributed by atoms with van der Waals surface area (Å²) in [6, 6.07) is 10.5. The van der Waals surface area contributed by atoms with Gasteiger partial charge in [0.2, 0.25) is 0 Å². The van der Waals surface area contributed by atoms with E-state index in [0.717, 1.165) is 12.2 Å². The zero-order valence-corrected chi connectivity index (χ0v) is 11.0. The maximum absolute atomic E-state index is 5.64. The second kappa shape index (κ2) is 5.89. The molecule has 0 bridgehead atoms. The van der Waals surface area contributed by atoms with E-state index in [1.807, 2.05) is 6.07 Å². The van der Waals surface area contributed by atoms with Crippen LogP contribution in [0.4, 0.5) is 0 Å². The smallest absolute Gasteiger partial charge is 0.123 e. The Morgan fingerprint density at radius 2 is 1.94 bits per heavy atom. The van der Waals surface area contributed by atoms with Crippen LogP contribution in [0.5, 0.6) is 5.75 Å². The highest BCUT2D eigenvalue weighted by Crippen LogP contribution is 2.30. The molecule has 92 valence electrons. The van der Waals surface area contributed by atoms with Gasteiger partial charge in [0.15, 0.2) is 0 Å². The Balaban J connectivity index is 0.00000144. The average Bonchev–Trinajstić information content (AvgIpc) is 2.33. The number of rotatable bonds is 3. The monoisotopic (exact) mass is 251 g/mol. The van der Waals surface area contributed by atoms with Crippen LogP contribution in [0, 0.1) is 6.92 Å². The van der Waals surface area contributed by atoms with Gasteiger partial charge >= 0.3 is 0 Å². The van der Waals surface area contributed by atoms with Gasteiger partial charge in [-0.15, -0.1) is 12.4 Å². The van der Waals surface area contributed by atoms with Gasteiger partial charge in [0.1, 0.15) is 5.75 Å². The summed E-state index contributed by atoms with van der Waals surface area (Å²) in [5.41, 5.74) is 8.15. The highest BCUT2D eigenvalue weighted by Gasteiger charge is 2.09. The van der Waals surface area contributed by atoms with Crippen LogP contribution in [0.2, 0.25) is 0 Å². The van der Waals surface area contributed by atoms with E-state index in [-0.39, 0.29) is 12.4 Å². The van der Waals surface area contributed by atoms with Crippen molar-refractivity contribution < 1.29 is 4.74 Å². The van der Waals surface area contributed by atoms with Gasteiger partial charge in [-0.1, -0.05) is 24.3 Å². The van der Waals surface area contributed by atoms with Crippen LogP contribution in [-0.4, -0.2) is 13.7 Å². The van der Waals surface area contributed by atoms with Crippen molar-refractivity contribution in [3.8, 4) is 5.75 Å². The van der Waals surface area contributed by atoms with Gasteiger partial charge in [0, 0.05) is 0 Å². The highest BCUT2D eigenvalue weighted by molar-refractivity contribution is 5.88. The van der Waals surface area contributed by atoms with Crippen LogP contribution in [0.15, 0.2) is 30.3 Å². The van der Waals surface area contributed by atoms with Crippen LogP contribution in [0.3, 0.4) is 0 Å². The van der Waals surface area contributed by atoms with Gasteiger partial charge in [-0.2, -0.15) is 0 Å². The second-order valence-corrected chi connectivity index (χ2v) is 3.94. The van der Waals surface area contributed by atoms with Gasteiger partial charge < -0.3 is 10.5 Å². The van der Waals surface area contributed by atoms with Gasteiger partial charge in [-0.3, -0.25) is 0 Å². The van der Waals surface area contributed by atoms with Crippen molar-refractivity contribution in [2.75, 3.05) is 13.7 Å². The van der Waals surface area contributed by atoms with Crippen LogP contribution < -0.4 is 10.5 Å². The lowest BCUT2D eigenvalue weighted by Crippen LogP contribution is -2.06. The lowest BCUT2D eigenvalue weighted by molar-refractivity contribution is 0.410. The average molecular weight is 252 g/mol.